The van der Waals surface area contributed by atoms with Gasteiger partial charge < -0.3 is 15.2 Å². The molecule has 1 aliphatic rings. The SMILES string of the molecule is CCC1CCC(CN)(OCCCCOC)CC1. The highest BCUT2D eigenvalue weighted by molar-refractivity contribution is 4.88. The van der Waals surface area contributed by atoms with Gasteiger partial charge in [-0.15, -0.1) is 0 Å². The van der Waals surface area contributed by atoms with Gasteiger partial charge in [0.1, 0.15) is 0 Å². The Labute approximate surface area is 106 Å². The van der Waals surface area contributed by atoms with Gasteiger partial charge in [0.15, 0.2) is 0 Å². The van der Waals surface area contributed by atoms with E-state index >= 15 is 0 Å². The van der Waals surface area contributed by atoms with E-state index in [1.165, 1.54) is 19.3 Å². The Kier molecular flexibility index (Phi) is 7.09. The zero-order valence-corrected chi connectivity index (χ0v) is 11.5. The quantitative estimate of drug-likeness (QED) is 0.667. The van der Waals surface area contributed by atoms with Crippen LogP contribution in [0.3, 0.4) is 0 Å². The van der Waals surface area contributed by atoms with Crippen LogP contribution in [0.1, 0.15) is 51.9 Å². The molecule has 0 bridgehead atoms. The van der Waals surface area contributed by atoms with Gasteiger partial charge in [0.05, 0.1) is 5.60 Å². The molecule has 0 heterocycles. The van der Waals surface area contributed by atoms with E-state index in [-0.39, 0.29) is 5.60 Å². The first kappa shape index (κ1) is 14.9. The van der Waals surface area contributed by atoms with Gasteiger partial charge in [-0.05, 0) is 44.4 Å². The molecule has 0 aromatic carbocycles. The van der Waals surface area contributed by atoms with Gasteiger partial charge in [-0.1, -0.05) is 13.3 Å². The normalized spacial score (nSPS) is 29.5. The van der Waals surface area contributed by atoms with Crippen molar-refractivity contribution >= 4 is 0 Å². The summed E-state index contributed by atoms with van der Waals surface area (Å²) in [5.74, 6) is 0.895. The first-order valence-corrected chi connectivity index (χ1v) is 7.09. The van der Waals surface area contributed by atoms with E-state index < -0.39 is 0 Å². The predicted molar refractivity (Wildman–Crippen MR) is 71.1 cm³/mol. The Hall–Kier alpha value is -0.120. The highest BCUT2D eigenvalue weighted by Gasteiger charge is 2.34. The van der Waals surface area contributed by atoms with Gasteiger partial charge in [0.2, 0.25) is 0 Å². The standard InChI is InChI=1S/C14H29NO2/c1-3-13-6-8-14(12-15,9-7-13)17-11-5-4-10-16-2/h13H,3-12,15H2,1-2H3. The van der Waals surface area contributed by atoms with Crippen LogP contribution in [-0.2, 0) is 9.47 Å². The second kappa shape index (κ2) is 8.06. The number of hydrogen-bond acceptors (Lipinski definition) is 3. The average molecular weight is 243 g/mol. The molecule has 0 unspecified atom stereocenters. The van der Waals surface area contributed by atoms with E-state index in [9.17, 15) is 0 Å². The number of ether oxygens (including phenoxy) is 2. The summed E-state index contributed by atoms with van der Waals surface area (Å²) in [5.41, 5.74) is 5.90. The van der Waals surface area contributed by atoms with Crippen molar-refractivity contribution in [1.82, 2.24) is 0 Å². The van der Waals surface area contributed by atoms with Gasteiger partial charge in [-0.25, -0.2) is 0 Å². The second-order valence-electron chi connectivity index (χ2n) is 5.29. The minimum absolute atomic E-state index is 0.0151. The van der Waals surface area contributed by atoms with Gasteiger partial charge in [-0.3, -0.25) is 0 Å². The highest BCUT2D eigenvalue weighted by atomic mass is 16.5. The van der Waals surface area contributed by atoms with Crippen molar-refractivity contribution in [2.45, 2.75) is 57.5 Å². The summed E-state index contributed by atoms with van der Waals surface area (Å²) in [4.78, 5) is 0. The first-order valence-electron chi connectivity index (χ1n) is 7.09. The van der Waals surface area contributed by atoms with Crippen LogP contribution in [0, 0.1) is 5.92 Å². The first-order chi connectivity index (χ1) is 8.26. The molecular formula is C14H29NO2. The third kappa shape index (κ3) is 4.94. The molecule has 0 aromatic rings. The van der Waals surface area contributed by atoms with Crippen LogP contribution in [0.2, 0.25) is 0 Å². The number of unbranched alkanes of at least 4 members (excludes halogenated alkanes) is 1. The Morgan fingerprint density at radius 1 is 1.18 bits per heavy atom. The van der Waals surface area contributed by atoms with E-state index in [0.29, 0.717) is 6.54 Å². The number of methoxy groups -OCH3 is 1. The Balaban J connectivity index is 2.22. The van der Waals surface area contributed by atoms with Gasteiger partial charge in [-0.2, -0.15) is 0 Å². The summed E-state index contributed by atoms with van der Waals surface area (Å²) in [6.07, 6.45) is 8.31. The van der Waals surface area contributed by atoms with Crippen LogP contribution in [0.15, 0.2) is 0 Å². The van der Waals surface area contributed by atoms with E-state index in [2.05, 4.69) is 6.92 Å². The Morgan fingerprint density at radius 2 is 1.82 bits per heavy atom. The molecule has 1 fully saturated rings. The lowest BCUT2D eigenvalue weighted by Crippen LogP contribution is -2.44. The molecule has 2 N–H and O–H groups in total. The van der Waals surface area contributed by atoms with Crippen molar-refractivity contribution in [2.24, 2.45) is 11.7 Å². The molecular weight excluding hydrogens is 214 g/mol. The smallest absolute Gasteiger partial charge is 0.0804 e. The maximum atomic E-state index is 6.08. The van der Waals surface area contributed by atoms with Crippen molar-refractivity contribution in [2.75, 3.05) is 26.9 Å². The summed E-state index contributed by atoms with van der Waals surface area (Å²) in [7, 11) is 1.74. The third-order valence-corrected chi connectivity index (χ3v) is 4.12. The van der Waals surface area contributed by atoms with Crippen molar-refractivity contribution < 1.29 is 9.47 Å². The molecule has 0 spiro atoms. The molecule has 3 nitrogen and oxygen atoms in total. The highest BCUT2D eigenvalue weighted by Crippen LogP contribution is 2.35. The number of hydrogen-bond donors (Lipinski definition) is 1. The van der Waals surface area contributed by atoms with Crippen molar-refractivity contribution in [3.8, 4) is 0 Å². The molecule has 0 atom stereocenters. The maximum absolute atomic E-state index is 6.08. The third-order valence-electron chi connectivity index (χ3n) is 4.12. The van der Waals surface area contributed by atoms with Crippen LogP contribution in [0.25, 0.3) is 0 Å². The Morgan fingerprint density at radius 3 is 2.35 bits per heavy atom. The van der Waals surface area contributed by atoms with Crippen LogP contribution in [-0.4, -0.2) is 32.5 Å². The van der Waals surface area contributed by atoms with Crippen molar-refractivity contribution in [1.29, 1.82) is 0 Å². The zero-order valence-electron chi connectivity index (χ0n) is 11.5. The van der Waals surface area contributed by atoms with Crippen LogP contribution < -0.4 is 5.73 Å². The predicted octanol–water partition coefficient (Wildman–Crippen LogP) is 2.73. The number of rotatable bonds is 8. The fraction of sp³-hybridized carbons (Fsp3) is 1.00. The summed E-state index contributed by atoms with van der Waals surface area (Å²) in [6, 6.07) is 0. The van der Waals surface area contributed by atoms with Crippen LogP contribution >= 0.6 is 0 Å². The van der Waals surface area contributed by atoms with Gasteiger partial charge >= 0.3 is 0 Å². The maximum Gasteiger partial charge on any atom is 0.0804 e. The van der Waals surface area contributed by atoms with E-state index in [0.717, 1.165) is 44.8 Å². The molecule has 0 aromatic heterocycles. The summed E-state index contributed by atoms with van der Waals surface area (Å²) >= 11 is 0. The fourth-order valence-corrected chi connectivity index (χ4v) is 2.66. The van der Waals surface area contributed by atoms with E-state index in [4.69, 9.17) is 15.2 Å². The molecule has 1 saturated carbocycles. The lowest BCUT2D eigenvalue weighted by atomic mass is 9.77. The molecule has 1 rings (SSSR count). The zero-order chi connectivity index (χ0) is 12.6. The minimum atomic E-state index is -0.0151. The minimum Gasteiger partial charge on any atom is -0.385 e. The molecule has 102 valence electrons. The fourth-order valence-electron chi connectivity index (χ4n) is 2.66. The van der Waals surface area contributed by atoms with Gasteiger partial charge in [0.25, 0.3) is 0 Å². The lowest BCUT2D eigenvalue weighted by Gasteiger charge is -2.39. The molecule has 1 aliphatic carbocycles. The largest absolute Gasteiger partial charge is 0.385 e. The summed E-state index contributed by atoms with van der Waals surface area (Å²) in [5, 5.41) is 0. The van der Waals surface area contributed by atoms with E-state index in [1.807, 2.05) is 0 Å². The monoisotopic (exact) mass is 243 g/mol. The summed E-state index contributed by atoms with van der Waals surface area (Å²) < 4.78 is 11.1. The molecule has 17 heavy (non-hydrogen) atoms. The summed E-state index contributed by atoms with van der Waals surface area (Å²) in [6.45, 7) is 4.62. The van der Waals surface area contributed by atoms with Gasteiger partial charge in [0, 0.05) is 26.9 Å². The van der Waals surface area contributed by atoms with E-state index in [1.54, 1.807) is 7.11 Å². The molecule has 0 radical (unpaired) electrons. The van der Waals surface area contributed by atoms with Crippen LogP contribution in [0.5, 0.6) is 0 Å². The topological polar surface area (TPSA) is 44.5 Å². The molecule has 0 saturated heterocycles. The Bertz CT molecular complexity index is 189. The number of nitrogens with two attached hydrogens (primary N) is 1. The van der Waals surface area contributed by atoms with Crippen molar-refractivity contribution in [3.63, 3.8) is 0 Å². The molecule has 0 aliphatic heterocycles. The van der Waals surface area contributed by atoms with Crippen molar-refractivity contribution in [3.05, 3.63) is 0 Å². The molecule has 3 heteroatoms. The van der Waals surface area contributed by atoms with Crippen LogP contribution in [0.4, 0.5) is 0 Å². The lowest BCUT2D eigenvalue weighted by molar-refractivity contribution is -0.0733. The second-order valence-corrected chi connectivity index (χ2v) is 5.29. The average Bonchev–Trinajstić information content (AvgIpc) is 2.39. The molecule has 0 amide bonds.